The first-order chi connectivity index (χ1) is 9.03. The number of amides is 1. The van der Waals surface area contributed by atoms with E-state index in [1.807, 2.05) is 0 Å². The van der Waals surface area contributed by atoms with Gasteiger partial charge in [-0.05, 0) is 18.9 Å². The van der Waals surface area contributed by atoms with Crippen molar-refractivity contribution >= 4 is 5.91 Å². The largest absolute Gasteiger partial charge is 0.386 e. The molecule has 0 bridgehead atoms. The molecule has 0 heterocycles. The van der Waals surface area contributed by atoms with Crippen LogP contribution in [-0.4, -0.2) is 23.1 Å². The lowest BCUT2D eigenvalue weighted by atomic mass is 9.98. The van der Waals surface area contributed by atoms with E-state index in [0.29, 0.717) is 12.8 Å². The molecular weight excluding hydrogens is 247 g/mol. The smallest absolute Gasteiger partial charge is 0.240 e. The highest BCUT2D eigenvalue weighted by Gasteiger charge is 2.36. The molecule has 4 N–H and O–H groups in total. The Morgan fingerprint density at radius 3 is 2.68 bits per heavy atom. The van der Waals surface area contributed by atoms with E-state index in [2.05, 4.69) is 5.32 Å². The van der Waals surface area contributed by atoms with Crippen LogP contribution in [0.2, 0.25) is 0 Å². The van der Waals surface area contributed by atoms with Crippen molar-refractivity contribution < 1.29 is 14.3 Å². The SMILES string of the molecule is NC1(C(=O)NCC(O)c2ccccc2F)CCCC1. The summed E-state index contributed by atoms with van der Waals surface area (Å²) < 4.78 is 13.4. The third kappa shape index (κ3) is 3.11. The van der Waals surface area contributed by atoms with Gasteiger partial charge in [-0.3, -0.25) is 4.79 Å². The fourth-order valence-corrected chi connectivity index (χ4v) is 2.45. The Morgan fingerprint density at radius 1 is 1.42 bits per heavy atom. The van der Waals surface area contributed by atoms with E-state index < -0.39 is 17.5 Å². The highest BCUT2D eigenvalue weighted by Crippen LogP contribution is 2.27. The Bertz CT molecular complexity index is 459. The Labute approximate surface area is 111 Å². The molecule has 104 valence electrons. The number of aliphatic hydroxyl groups is 1. The molecule has 5 heteroatoms. The number of benzene rings is 1. The van der Waals surface area contributed by atoms with Crippen LogP contribution in [0.25, 0.3) is 0 Å². The number of aliphatic hydroxyl groups excluding tert-OH is 1. The Balaban J connectivity index is 1.92. The first-order valence-corrected chi connectivity index (χ1v) is 6.52. The summed E-state index contributed by atoms with van der Waals surface area (Å²) in [6.45, 7) is -0.0291. The number of carbonyl (C=O) groups excluding carboxylic acids is 1. The van der Waals surface area contributed by atoms with Gasteiger partial charge in [-0.15, -0.1) is 0 Å². The zero-order chi connectivity index (χ0) is 13.9. The van der Waals surface area contributed by atoms with Crippen LogP contribution in [0, 0.1) is 5.82 Å². The van der Waals surface area contributed by atoms with Crippen LogP contribution in [0.5, 0.6) is 0 Å². The summed E-state index contributed by atoms with van der Waals surface area (Å²) in [5, 5.41) is 12.5. The van der Waals surface area contributed by atoms with Crippen LogP contribution in [-0.2, 0) is 4.79 Å². The molecule has 1 amide bonds. The molecule has 0 aromatic heterocycles. The molecule has 1 fully saturated rings. The fourth-order valence-electron chi connectivity index (χ4n) is 2.45. The number of rotatable bonds is 4. The first kappa shape index (κ1) is 14.0. The topological polar surface area (TPSA) is 75.4 Å². The minimum absolute atomic E-state index is 0.0291. The highest BCUT2D eigenvalue weighted by molar-refractivity contribution is 5.86. The number of nitrogens with two attached hydrogens (primary N) is 1. The number of halogens is 1. The quantitative estimate of drug-likeness (QED) is 0.767. The van der Waals surface area contributed by atoms with Gasteiger partial charge in [0.05, 0.1) is 11.6 Å². The van der Waals surface area contributed by atoms with Crippen molar-refractivity contribution in [3.63, 3.8) is 0 Å². The van der Waals surface area contributed by atoms with E-state index in [1.54, 1.807) is 12.1 Å². The van der Waals surface area contributed by atoms with Crippen molar-refractivity contribution in [2.24, 2.45) is 5.73 Å². The molecule has 2 rings (SSSR count). The number of carbonyl (C=O) groups is 1. The Morgan fingerprint density at radius 2 is 2.05 bits per heavy atom. The van der Waals surface area contributed by atoms with Gasteiger partial charge in [0, 0.05) is 12.1 Å². The molecule has 0 aliphatic heterocycles. The summed E-state index contributed by atoms with van der Waals surface area (Å²) in [5.74, 6) is -0.743. The molecule has 0 saturated heterocycles. The van der Waals surface area contributed by atoms with Crippen molar-refractivity contribution in [3.05, 3.63) is 35.6 Å². The number of nitrogens with one attached hydrogen (secondary N) is 1. The molecule has 1 aromatic carbocycles. The summed E-state index contributed by atoms with van der Waals surface area (Å²) in [5.41, 5.74) is 5.35. The lowest BCUT2D eigenvalue weighted by Gasteiger charge is -2.23. The zero-order valence-corrected chi connectivity index (χ0v) is 10.7. The molecule has 0 spiro atoms. The molecule has 1 unspecified atom stereocenters. The number of hydrogen-bond acceptors (Lipinski definition) is 3. The van der Waals surface area contributed by atoms with Gasteiger partial charge >= 0.3 is 0 Å². The minimum atomic E-state index is -1.06. The molecule has 1 aliphatic rings. The summed E-state index contributed by atoms with van der Waals surface area (Å²) in [4.78, 5) is 11.9. The second kappa shape index (κ2) is 5.67. The third-order valence-corrected chi connectivity index (χ3v) is 3.67. The van der Waals surface area contributed by atoms with Gasteiger partial charge in [-0.1, -0.05) is 31.0 Å². The molecule has 1 aromatic rings. The van der Waals surface area contributed by atoms with Crippen LogP contribution in [0.3, 0.4) is 0 Å². The van der Waals surface area contributed by atoms with Crippen molar-refractivity contribution in [3.8, 4) is 0 Å². The van der Waals surface area contributed by atoms with Crippen LogP contribution in [0.4, 0.5) is 4.39 Å². The zero-order valence-electron chi connectivity index (χ0n) is 10.7. The third-order valence-electron chi connectivity index (χ3n) is 3.67. The molecule has 19 heavy (non-hydrogen) atoms. The van der Waals surface area contributed by atoms with Gasteiger partial charge in [0.15, 0.2) is 0 Å². The molecule has 1 aliphatic carbocycles. The van der Waals surface area contributed by atoms with Crippen molar-refractivity contribution in [1.82, 2.24) is 5.32 Å². The van der Waals surface area contributed by atoms with Gasteiger partial charge in [0.25, 0.3) is 0 Å². The summed E-state index contributed by atoms with van der Waals surface area (Å²) in [6, 6.07) is 5.98. The lowest BCUT2D eigenvalue weighted by Crippen LogP contribution is -2.52. The summed E-state index contributed by atoms with van der Waals surface area (Å²) in [7, 11) is 0. The van der Waals surface area contributed by atoms with Gasteiger partial charge in [-0.25, -0.2) is 4.39 Å². The van der Waals surface area contributed by atoms with Crippen molar-refractivity contribution in [2.75, 3.05) is 6.54 Å². The maximum absolute atomic E-state index is 13.4. The van der Waals surface area contributed by atoms with Gasteiger partial charge in [0.1, 0.15) is 5.82 Å². The maximum atomic E-state index is 13.4. The predicted octanol–water partition coefficient (Wildman–Crippen LogP) is 1.25. The van der Waals surface area contributed by atoms with Crippen LogP contribution in [0.1, 0.15) is 37.4 Å². The average Bonchev–Trinajstić information content (AvgIpc) is 2.84. The predicted molar refractivity (Wildman–Crippen MR) is 69.8 cm³/mol. The summed E-state index contributed by atoms with van der Waals surface area (Å²) in [6.07, 6.45) is 2.15. The van der Waals surface area contributed by atoms with Crippen molar-refractivity contribution in [2.45, 2.75) is 37.3 Å². The highest BCUT2D eigenvalue weighted by atomic mass is 19.1. The van der Waals surface area contributed by atoms with Gasteiger partial charge in [0.2, 0.25) is 5.91 Å². The van der Waals surface area contributed by atoms with Crippen LogP contribution >= 0.6 is 0 Å². The summed E-state index contributed by atoms with van der Waals surface area (Å²) >= 11 is 0. The Hall–Kier alpha value is -1.46. The average molecular weight is 266 g/mol. The van der Waals surface area contributed by atoms with Crippen LogP contribution < -0.4 is 11.1 Å². The first-order valence-electron chi connectivity index (χ1n) is 6.52. The van der Waals surface area contributed by atoms with E-state index >= 15 is 0 Å². The van der Waals surface area contributed by atoms with Gasteiger partial charge in [-0.2, -0.15) is 0 Å². The second-order valence-electron chi connectivity index (χ2n) is 5.11. The normalized spacial score (nSPS) is 19.1. The van der Waals surface area contributed by atoms with Crippen LogP contribution in [0.15, 0.2) is 24.3 Å². The molecule has 1 atom stereocenters. The van der Waals surface area contributed by atoms with E-state index in [4.69, 9.17) is 5.73 Å². The van der Waals surface area contributed by atoms with E-state index in [-0.39, 0.29) is 18.0 Å². The van der Waals surface area contributed by atoms with E-state index in [1.165, 1.54) is 12.1 Å². The molecule has 0 radical (unpaired) electrons. The Kier molecular flexibility index (Phi) is 4.17. The monoisotopic (exact) mass is 266 g/mol. The standard InChI is InChI=1S/C14H19FN2O2/c15-11-6-2-1-5-10(11)12(18)9-17-13(19)14(16)7-3-4-8-14/h1-2,5-6,12,18H,3-4,7-9,16H2,(H,17,19). The fraction of sp³-hybridized carbons (Fsp3) is 0.500. The van der Waals surface area contributed by atoms with Gasteiger partial charge < -0.3 is 16.2 Å². The van der Waals surface area contributed by atoms with E-state index in [9.17, 15) is 14.3 Å². The molecule has 1 saturated carbocycles. The van der Waals surface area contributed by atoms with Crippen molar-refractivity contribution in [1.29, 1.82) is 0 Å². The second-order valence-corrected chi connectivity index (χ2v) is 5.11. The lowest BCUT2D eigenvalue weighted by molar-refractivity contribution is -0.126. The number of hydrogen-bond donors (Lipinski definition) is 3. The maximum Gasteiger partial charge on any atom is 0.240 e. The molecular formula is C14H19FN2O2. The minimum Gasteiger partial charge on any atom is -0.386 e. The molecule has 4 nitrogen and oxygen atoms in total. The van der Waals surface area contributed by atoms with E-state index in [0.717, 1.165) is 12.8 Å².